The predicted molar refractivity (Wildman–Crippen MR) is 89.2 cm³/mol. The van der Waals surface area contributed by atoms with Crippen LogP contribution in [0.3, 0.4) is 0 Å². The summed E-state index contributed by atoms with van der Waals surface area (Å²) in [6, 6.07) is 0. The first-order chi connectivity index (χ1) is 10.7. The normalized spacial score (nSPS) is 12.3. The Morgan fingerprint density at radius 2 is 0.760 bits per heavy atom. The molecule has 0 rings (SSSR count). The van der Waals surface area contributed by atoms with Crippen molar-refractivity contribution in [2.24, 2.45) is 0 Å². The third kappa shape index (κ3) is 28.6. The molecule has 0 amide bonds. The third-order valence-electron chi connectivity index (χ3n) is 1.49. The summed E-state index contributed by atoms with van der Waals surface area (Å²) in [5.74, 6) is -2.11. The van der Waals surface area contributed by atoms with Crippen LogP contribution in [0.4, 0.5) is 0 Å². The summed E-state index contributed by atoms with van der Waals surface area (Å²) in [5, 5.41) is 34.7. The number of carbonyl (C=O) groups excluding carboxylic acids is 2. The van der Waals surface area contributed by atoms with E-state index in [0.29, 0.717) is 0 Å². The second-order valence-corrected chi connectivity index (χ2v) is 6.05. The fraction of sp³-hybridized carbons (Fsp3) is 0.875. The summed E-state index contributed by atoms with van der Waals surface area (Å²) in [5.41, 5.74) is 0. The van der Waals surface area contributed by atoms with Gasteiger partial charge in [-0.1, -0.05) is 0 Å². The van der Waals surface area contributed by atoms with Gasteiger partial charge in [-0.2, -0.15) is 0 Å². The van der Waals surface area contributed by atoms with Crippen molar-refractivity contribution in [3.63, 3.8) is 0 Å². The molecule has 0 aliphatic heterocycles. The van der Waals surface area contributed by atoms with Gasteiger partial charge < -0.3 is 29.9 Å². The molecule has 150 valence electrons. The van der Waals surface area contributed by atoms with Crippen LogP contribution in [0.15, 0.2) is 0 Å². The molecule has 0 saturated heterocycles. The molecular formula is C16H34O8Ti. The molecule has 8 nitrogen and oxygen atoms in total. The smallest absolute Gasteiger partial charge is 0.338 e. The van der Waals surface area contributed by atoms with Gasteiger partial charge in [0, 0.05) is 33.9 Å². The van der Waals surface area contributed by atoms with E-state index in [4.69, 9.17) is 10.2 Å². The molecule has 0 aromatic carbocycles. The minimum Gasteiger partial charge on any atom is -0.461 e. The van der Waals surface area contributed by atoms with Crippen LogP contribution in [-0.2, 0) is 40.8 Å². The molecule has 0 aliphatic rings. The number of hydrogen-bond acceptors (Lipinski definition) is 8. The Hall–Kier alpha value is -0.506. The minimum absolute atomic E-state index is 0. The van der Waals surface area contributed by atoms with Crippen molar-refractivity contribution in [3.05, 3.63) is 0 Å². The summed E-state index contributed by atoms with van der Waals surface area (Å²) in [7, 11) is 0. The van der Waals surface area contributed by atoms with Crippen LogP contribution >= 0.6 is 0 Å². The van der Waals surface area contributed by atoms with Crippen LogP contribution in [0.2, 0.25) is 0 Å². The SMILES string of the molecule is CC(C)O.CC(C)O.CC(C)OC(=O)[C@H](O)[C@@H](O)C(=O)OC(C)C.[Ti]. The zero-order valence-electron chi connectivity index (χ0n) is 16.4. The van der Waals surface area contributed by atoms with E-state index in [-0.39, 0.29) is 33.9 Å². The largest absolute Gasteiger partial charge is 0.461 e. The predicted octanol–water partition coefficient (Wildman–Crippen LogP) is 0.383. The molecule has 0 aromatic rings. The molecule has 2 atom stereocenters. The first kappa shape index (κ1) is 32.2. The first-order valence-electron chi connectivity index (χ1n) is 7.85. The van der Waals surface area contributed by atoms with E-state index < -0.39 is 36.4 Å². The van der Waals surface area contributed by atoms with Crippen molar-refractivity contribution in [1.29, 1.82) is 0 Å². The van der Waals surface area contributed by atoms with Gasteiger partial charge in [-0.05, 0) is 55.4 Å². The van der Waals surface area contributed by atoms with Crippen molar-refractivity contribution in [1.82, 2.24) is 0 Å². The number of aliphatic hydroxyl groups excluding tert-OH is 4. The Morgan fingerprint density at radius 3 is 0.880 bits per heavy atom. The van der Waals surface area contributed by atoms with Crippen molar-refractivity contribution in [3.8, 4) is 0 Å². The maximum Gasteiger partial charge on any atom is 0.338 e. The molecule has 0 aliphatic carbocycles. The topological polar surface area (TPSA) is 134 Å². The van der Waals surface area contributed by atoms with E-state index in [1.54, 1.807) is 55.4 Å². The number of aliphatic hydroxyl groups is 4. The molecule has 0 aromatic heterocycles. The first-order valence-corrected chi connectivity index (χ1v) is 7.85. The zero-order valence-corrected chi connectivity index (χ0v) is 17.9. The number of rotatable bonds is 5. The Balaban J connectivity index is -0.000000205. The molecule has 0 unspecified atom stereocenters. The van der Waals surface area contributed by atoms with E-state index in [1.807, 2.05) is 0 Å². The van der Waals surface area contributed by atoms with Gasteiger partial charge in [-0.15, -0.1) is 0 Å². The van der Waals surface area contributed by atoms with Crippen LogP contribution in [0, 0.1) is 0 Å². The van der Waals surface area contributed by atoms with Gasteiger partial charge in [-0.25, -0.2) is 9.59 Å². The molecule has 25 heavy (non-hydrogen) atoms. The Kier molecular flexibility index (Phi) is 23.6. The Morgan fingerprint density at radius 1 is 0.600 bits per heavy atom. The summed E-state index contributed by atoms with van der Waals surface area (Å²) in [6.07, 6.45) is -5.05. The number of esters is 2. The standard InChI is InChI=1S/C10H18O6.2C3H8O.Ti/c1-5(2)15-9(13)7(11)8(12)10(14)16-6(3)4;2*1-3(2)4;/h5-8,11-12H,1-4H3;2*3-4H,1-2H3;/t7-,8-;;;/m1.../s1. The molecule has 0 spiro atoms. The minimum atomic E-state index is -1.92. The van der Waals surface area contributed by atoms with Crippen molar-refractivity contribution in [2.45, 2.75) is 92.0 Å². The van der Waals surface area contributed by atoms with Crippen molar-refractivity contribution >= 4 is 11.9 Å². The van der Waals surface area contributed by atoms with Crippen molar-refractivity contribution in [2.75, 3.05) is 0 Å². The summed E-state index contributed by atoms with van der Waals surface area (Å²) < 4.78 is 9.26. The van der Waals surface area contributed by atoms with Crippen LogP contribution in [0.5, 0.6) is 0 Å². The van der Waals surface area contributed by atoms with Gasteiger partial charge in [0.1, 0.15) is 0 Å². The van der Waals surface area contributed by atoms with Gasteiger partial charge in [0.05, 0.1) is 12.2 Å². The van der Waals surface area contributed by atoms with E-state index >= 15 is 0 Å². The average molecular weight is 402 g/mol. The van der Waals surface area contributed by atoms with Gasteiger partial charge in [0.2, 0.25) is 0 Å². The van der Waals surface area contributed by atoms with E-state index in [2.05, 4.69) is 9.47 Å². The molecular weight excluding hydrogens is 368 g/mol. The fourth-order valence-corrected chi connectivity index (χ4v) is 0.862. The molecule has 4 N–H and O–H groups in total. The van der Waals surface area contributed by atoms with Crippen LogP contribution in [0.1, 0.15) is 55.4 Å². The maximum atomic E-state index is 11.1. The molecule has 0 radical (unpaired) electrons. The van der Waals surface area contributed by atoms with Gasteiger partial charge in [0.15, 0.2) is 12.2 Å². The molecule has 0 fully saturated rings. The summed E-state index contributed by atoms with van der Waals surface area (Å²) in [4.78, 5) is 22.3. The second kappa shape index (κ2) is 18.3. The van der Waals surface area contributed by atoms with Crippen molar-refractivity contribution < 1.29 is 61.2 Å². The number of ether oxygens (including phenoxy) is 2. The zero-order chi connectivity index (χ0) is 20.0. The summed E-state index contributed by atoms with van der Waals surface area (Å²) in [6.45, 7) is 13.2. The van der Waals surface area contributed by atoms with E-state index in [0.717, 1.165) is 0 Å². The molecule has 0 heterocycles. The molecule has 0 bridgehead atoms. The quantitative estimate of drug-likeness (QED) is 0.383. The number of hydrogen-bond donors (Lipinski definition) is 4. The molecule has 0 saturated carbocycles. The monoisotopic (exact) mass is 402 g/mol. The fourth-order valence-electron chi connectivity index (χ4n) is 0.862. The number of carbonyl (C=O) groups is 2. The van der Waals surface area contributed by atoms with E-state index in [1.165, 1.54) is 0 Å². The average Bonchev–Trinajstić information content (AvgIpc) is 2.33. The Labute approximate surface area is 165 Å². The van der Waals surface area contributed by atoms with Crippen LogP contribution in [0.25, 0.3) is 0 Å². The van der Waals surface area contributed by atoms with Gasteiger partial charge >= 0.3 is 11.9 Å². The van der Waals surface area contributed by atoms with Crippen LogP contribution < -0.4 is 0 Å². The van der Waals surface area contributed by atoms with Gasteiger partial charge in [0.25, 0.3) is 0 Å². The summed E-state index contributed by atoms with van der Waals surface area (Å²) >= 11 is 0. The molecule has 9 heteroatoms. The Bertz CT molecular complexity index is 295. The second-order valence-electron chi connectivity index (χ2n) is 6.05. The maximum absolute atomic E-state index is 11.1. The van der Waals surface area contributed by atoms with E-state index in [9.17, 15) is 19.8 Å². The van der Waals surface area contributed by atoms with Crippen LogP contribution in [-0.4, -0.2) is 69.0 Å². The van der Waals surface area contributed by atoms with Gasteiger partial charge in [-0.3, -0.25) is 0 Å². The third-order valence-corrected chi connectivity index (χ3v) is 1.49.